The van der Waals surface area contributed by atoms with E-state index in [1.807, 2.05) is 44.2 Å². The van der Waals surface area contributed by atoms with Crippen LogP contribution in [0.2, 0.25) is 5.02 Å². The van der Waals surface area contributed by atoms with E-state index in [1.165, 1.54) is 4.70 Å². The molecule has 1 fully saturated rings. The summed E-state index contributed by atoms with van der Waals surface area (Å²) in [4.78, 5) is 25.0. The molecule has 184 valence electrons. The quantitative estimate of drug-likeness (QED) is 0.191. The highest BCUT2D eigenvalue weighted by atomic mass is 35.5. The second-order valence-electron chi connectivity index (χ2n) is 9.24. The number of thiophene rings is 1. The highest BCUT2D eigenvalue weighted by Crippen LogP contribution is 2.36. The zero-order valence-corrected chi connectivity index (χ0v) is 21.6. The average molecular weight is 503 g/mol. The minimum absolute atomic E-state index is 0.0253. The van der Waals surface area contributed by atoms with Crippen LogP contribution in [0, 0.1) is 11.8 Å². The van der Waals surface area contributed by atoms with Crippen LogP contribution >= 0.6 is 22.9 Å². The van der Waals surface area contributed by atoms with Crippen LogP contribution in [0.4, 0.5) is 0 Å². The number of carbonyl (C=O) groups is 2. The van der Waals surface area contributed by atoms with Gasteiger partial charge >= 0.3 is 5.97 Å². The molecule has 1 saturated carbocycles. The summed E-state index contributed by atoms with van der Waals surface area (Å²) in [5, 5.41) is 12.4. The number of hydrogen-bond acceptors (Lipinski definition) is 5. The third-order valence-electron chi connectivity index (χ3n) is 6.18. The molecule has 1 N–H and O–H groups in total. The summed E-state index contributed by atoms with van der Waals surface area (Å²) in [5.41, 5.74) is 0. The van der Waals surface area contributed by atoms with Crippen LogP contribution in [0.25, 0.3) is 10.1 Å². The lowest BCUT2D eigenvalue weighted by atomic mass is 9.91. The molecule has 0 radical (unpaired) electrons. The number of carbonyl (C=O) groups excluding carboxylic acids is 2. The molecule has 1 heterocycles. The molecule has 34 heavy (non-hydrogen) atoms. The lowest BCUT2D eigenvalue weighted by Crippen LogP contribution is -2.13. The first-order chi connectivity index (χ1) is 16.3. The Morgan fingerprint density at radius 1 is 1.29 bits per heavy atom. The fourth-order valence-electron chi connectivity index (χ4n) is 4.39. The Labute approximate surface area is 211 Å². The van der Waals surface area contributed by atoms with Gasteiger partial charge in [0.15, 0.2) is 0 Å². The molecule has 0 spiro atoms. The van der Waals surface area contributed by atoms with Gasteiger partial charge in [-0.15, -0.1) is 11.3 Å². The Morgan fingerprint density at radius 3 is 2.85 bits per heavy atom. The van der Waals surface area contributed by atoms with E-state index in [0.29, 0.717) is 31.5 Å². The smallest absolute Gasteiger partial charge is 0.306 e. The van der Waals surface area contributed by atoms with Gasteiger partial charge in [-0.2, -0.15) is 0 Å². The first kappa shape index (κ1) is 26.7. The Morgan fingerprint density at radius 2 is 2.09 bits per heavy atom. The molecule has 1 aromatic heterocycles. The van der Waals surface area contributed by atoms with E-state index in [0.717, 1.165) is 41.0 Å². The topological polar surface area (TPSA) is 63.6 Å². The monoisotopic (exact) mass is 502 g/mol. The Balaban J connectivity index is 1.43. The van der Waals surface area contributed by atoms with Crippen LogP contribution in [0.5, 0.6) is 0 Å². The molecule has 0 aliphatic heterocycles. The summed E-state index contributed by atoms with van der Waals surface area (Å²) < 4.78 is 6.30. The van der Waals surface area contributed by atoms with Crippen molar-refractivity contribution in [1.82, 2.24) is 0 Å². The van der Waals surface area contributed by atoms with Crippen molar-refractivity contribution in [3.05, 3.63) is 58.5 Å². The first-order valence-corrected chi connectivity index (χ1v) is 13.4. The molecule has 0 bridgehead atoms. The number of halogens is 1. The number of allylic oxidation sites excluding steroid dienone is 3. The van der Waals surface area contributed by atoms with Crippen molar-refractivity contribution in [2.24, 2.45) is 11.8 Å². The number of ketones is 1. The van der Waals surface area contributed by atoms with Crippen LogP contribution in [-0.2, 0) is 20.7 Å². The van der Waals surface area contributed by atoms with Gasteiger partial charge in [0, 0.05) is 33.7 Å². The van der Waals surface area contributed by atoms with Crippen molar-refractivity contribution in [3.63, 3.8) is 0 Å². The molecular weight excluding hydrogens is 468 g/mol. The van der Waals surface area contributed by atoms with Crippen LogP contribution < -0.4 is 0 Å². The highest BCUT2D eigenvalue weighted by molar-refractivity contribution is 7.19. The molecule has 3 rings (SSSR count). The summed E-state index contributed by atoms with van der Waals surface area (Å²) in [6, 6.07) is 8.09. The molecule has 0 amide bonds. The zero-order chi connectivity index (χ0) is 24.5. The van der Waals surface area contributed by atoms with E-state index in [4.69, 9.17) is 16.3 Å². The van der Waals surface area contributed by atoms with Crippen LogP contribution in [0.3, 0.4) is 0 Å². The number of fused-ring (bicyclic) bond motifs is 1. The first-order valence-electron chi connectivity index (χ1n) is 12.2. The SMILES string of the molecule is CC(C)OC(=O)CCC/C=C\C[C@H]1C(=O)CC[C@@H]1/C=C/C(O)CCc1sc2ccccc2c1Cl. The Hall–Kier alpha value is -1.95. The summed E-state index contributed by atoms with van der Waals surface area (Å²) in [7, 11) is 0. The van der Waals surface area contributed by atoms with Crippen LogP contribution in [0.15, 0.2) is 48.6 Å². The van der Waals surface area contributed by atoms with Gasteiger partial charge in [-0.25, -0.2) is 0 Å². The fourth-order valence-corrected chi connectivity index (χ4v) is 5.93. The average Bonchev–Trinajstić information content (AvgIpc) is 3.32. The number of unbranched alkanes of at least 4 members (excludes halogenated alkanes) is 1. The van der Waals surface area contributed by atoms with Gasteiger partial charge in [0.05, 0.1) is 17.2 Å². The number of ether oxygens (including phenoxy) is 1. The maximum Gasteiger partial charge on any atom is 0.306 e. The van der Waals surface area contributed by atoms with Crippen LogP contribution in [0.1, 0.15) is 63.7 Å². The van der Waals surface area contributed by atoms with Crippen molar-refractivity contribution in [3.8, 4) is 0 Å². The molecule has 1 aromatic carbocycles. The molecule has 0 saturated heterocycles. The van der Waals surface area contributed by atoms with E-state index in [1.54, 1.807) is 11.3 Å². The maximum atomic E-state index is 12.4. The normalized spacial score (nSPS) is 19.7. The summed E-state index contributed by atoms with van der Waals surface area (Å²) >= 11 is 8.20. The van der Waals surface area contributed by atoms with Crippen molar-refractivity contribution >= 4 is 44.8 Å². The highest BCUT2D eigenvalue weighted by Gasteiger charge is 2.31. The Bertz CT molecular complexity index is 1020. The molecule has 1 aliphatic carbocycles. The number of Topliss-reactive ketones (excluding diaryl/α,β-unsaturated/α-hetero) is 1. The molecule has 4 nitrogen and oxygen atoms in total. The van der Waals surface area contributed by atoms with Gasteiger partial charge < -0.3 is 9.84 Å². The number of hydrogen-bond donors (Lipinski definition) is 1. The minimum atomic E-state index is -0.557. The van der Waals surface area contributed by atoms with E-state index in [2.05, 4.69) is 18.2 Å². The lowest BCUT2D eigenvalue weighted by molar-refractivity contribution is -0.147. The van der Waals surface area contributed by atoms with Gasteiger partial charge in [-0.05, 0) is 64.4 Å². The van der Waals surface area contributed by atoms with Crippen molar-refractivity contribution < 1.29 is 19.4 Å². The summed E-state index contributed by atoms with van der Waals surface area (Å²) in [6.45, 7) is 3.70. The standard InChI is InChI=1S/C28H35ClO4S/c1-19(2)33-27(32)12-6-4-3-5-9-22-20(14-17-24(22)31)13-15-21(30)16-18-26-28(29)23-10-7-8-11-25(23)34-26/h3,5,7-8,10-11,13,15,19-22,30H,4,6,9,12,14,16-18H2,1-2H3/b5-3-,15-13+/t20-,21?,22+/m0/s1. The van der Waals surface area contributed by atoms with Crippen LogP contribution in [-0.4, -0.2) is 29.1 Å². The number of aliphatic hydroxyl groups excluding tert-OH is 1. The van der Waals surface area contributed by atoms with Gasteiger partial charge in [0.1, 0.15) is 5.78 Å². The van der Waals surface area contributed by atoms with Gasteiger partial charge in [-0.1, -0.05) is 54.1 Å². The molecule has 1 unspecified atom stereocenters. The second-order valence-corrected chi connectivity index (χ2v) is 10.8. The zero-order valence-electron chi connectivity index (χ0n) is 20.0. The fraction of sp³-hybridized carbons (Fsp3) is 0.500. The van der Waals surface area contributed by atoms with Gasteiger partial charge in [0.25, 0.3) is 0 Å². The third kappa shape index (κ3) is 7.79. The third-order valence-corrected chi connectivity index (χ3v) is 7.95. The van der Waals surface area contributed by atoms with Crippen molar-refractivity contribution in [1.29, 1.82) is 0 Å². The molecule has 6 heteroatoms. The predicted molar refractivity (Wildman–Crippen MR) is 140 cm³/mol. The number of aryl methyl sites for hydroxylation is 1. The minimum Gasteiger partial charge on any atom is -0.463 e. The molecular formula is C28H35ClO4S. The number of rotatable bonds is 12. The van der Waals surface area contributed by atoms with Gasteiger partial charge in [-0.3, -0.25) is 9.59 Å². The summed E-state index contributed by atoms with van der Waals surface area (Å²) in [6.07, 6.45) is 12.8. The second kappa shape index (κ2) is 13.2. The van der Waals surface area contributed by atoms with Crippen molar-refractivity contribution in [2.45, 2.75) is 77.4 Å². The largest absolute Gasteiger partial charge is 0.463 e. The van der Waals surface area contributed by atoms with E-state index < -0.39 is 6.10 Å². The Kier molecular flexibility index (Phi) is 10.4. The molecule has 2 aromatic rings. The lowest BCUT2D eigenvalue weighted by Gasteiger charge is -2.14. The molecule has 1 aliphatic rings. The number of aliphatic hydroxyl groups is 1. The van der Waals surface area contributed by atoms with Crippen molar-refractivity contribution in [2.75, 3.05) is 0 Å². The maximum absolute atomic E-state index is 12.4. The van der Waals surface area contributed by atoms with E-state index in [-0.39, 0.29) is 23.9 Å². The molecule has 3 atom stereocenters. The number of benzene rings is 1. The van der Waals surface area contributed by atoms with E-state index in [9.17, 15) is 14.7 Å². The predicted octanol–water partition coefficient (Wildman–Crippen LogP) is 7.07. The summed E-state index contributed by atoms with van der Waals surface area (Å²) in [5.74, 6) is 0.280. The van der Waals surface area contributed by atoms with E-state index >= 15 is 0 Å². The van der Waals surface area contributed by atoms with Gasteiger partial charge in [0.2, 0.25) is 0 Å². The number of esters is 1.